The molecule has 0 N–H and O–H groups in total. The fourth-order valence-corrected chi connectivity index (χ4v) is 3.88. The van der Waals surface area contributed by atoms with Crippen molar-refractivity contribution in [2.45, 2.75) is 57.4 Å². The van der Waals surface area contributed by atoms with Crippen LogP contribution in [0, 0.1) is 23.6 Å². The van der Waals surface area contributed by atoms with Crippen molar-refractivity contribution in [2.75, 3.05) is 13.1 Å². The predicted molar refractivity (Wildman–Crippen MR) is 89.1 cm³/mol. The average Bonchev–Trinajstić information content (AvgIpc) is 2.57. The maximum atomic E-state index is 13.3. The molecular formula is C20H26FN. The van der Waals surface area contributed by atoms with Crippen molar-refractivity contribution in [1.29, 1.82) is 0 Å². The SMILES string of the molecule is Fc1cccc(C#CC(C2CCCCC2)N2CCCCC2)c1. The zero-order valence-corrected chi connectivity index (χ0v) is 13.4. The second kappa shape index (κ2) is 7.79. The molecule has 1 atom stereocenters. The van der Waals surface area contributed by atoms with Gasteiger partial charge in [0.2, 0.25) is 0 Å². The van der Waals surface area contributed by atoms with Gasteiger partial charge in [-0.2, -0.15) is 0 Å². The summed E-state index contributed by atoms with van der Waals surface area (Å²) in [6, 6.07) is 7.04. The molecule has 2 heteroatoms. The molecule has 2 aliphatic rings. The maximum Gasteiger partial charge on any atom is 0.124 e. The van der Waals surface area contributed by atoms with E-state index in [0.717, 1.165) is 5.56 Å². The van der Waals surface area contributed by atoms with Gasteiger partial charge in [-0.3, -0.25) is 4.90 Å². The number of halogens is 1. The smallest absolute Gasteiger partial charge is 0.124 e. The summed E-state index contributed by atoms with van der Waals surface area (Å²) in [5, 5.41) is 0. The molecule has 1 nitrogen and oxygen atoms in total. The van der Waals surface area contributed by atoms with Crippen LogP contribution in [0.15, 0.2) is 24.3 Å². The zero-order chi connectivity index (χ0) is 15.2. The molecular weight excluding hydrogens is 273 g/mol. The molecule has 3 rings (SSSR count). The number of rotatable bonds is 2. The van der Waals surface area contributed by atoms with Gasteiger partial charge >= 0.3 is 0 Å². The second-order valence-corrected chi connectivity index (χ2v) is 6.72. The second-order valence-electron chi connectivity index (χ2n) is 6.72. The molecule has 1 unspecified atom stereocenters. The molecule has 1 saturated heterocycles. The Morgan fingerprint density at radius 2 is 1.73 bits per heavy atom. The first-order valence-corrected chi connectivity index (χ1v) is 8.84. The third kappa shape index (κ3) is 4.11. The molecule has 1 heterocycles. The molecule has 22 heavy (non-hydrogen) atoms. The van der Waals surface area contributed by atoms with E-state index in [9.17, 15) is 4.39 Å². The Bertz CT molecular complexity index is 512. The molecule has 2 fully saturated rings. The summed E-state index contributed by atoms with van der Waals surface area (Å²) in [5.74, 6) is 7.27. The number of hydrogen-bond donors (Lipinski definition) is 0. The van der Waals surface area contributed by atoms with Crippen molar-refractivity contribution in [3.63, 3.8) is 0 Å². The highest BCUT2D eigenvalue weighted by Gasteiger charge is 2.28. The molecule has 1 aliphatic heterocycles. The van der Waals surface area contributed by atoms with Gasteiger partial charge in [-0.1, -0.05) is 43.6 Å². The number of benzene rings is 1. The molecule has 0 bridgehead atoms. The van der Waals surface area contributed by atoms with Gasteiger partial charge in [-0.15, -0.1) is 0 Å². The summed E-state index contributed by atoms with van der Waals surface area (Å²) >= 11 is 0. The first-order valence-electron chi connectivity index (χ1n) is 8.84. The van der Waals surface area contributed by atoms with E-state index < -0.39 is 0 Å². The minimum Gasteiger partial charge on any atom is -0.290 e. The zero-order valence-electron chi connectivity index (χ0n) is 13.4. The van der Waals surface area contributed by atoms with Gasteiger partial charge in [0, 0.05) is 5.56 Å². The van der Waals surface area contributed by atoms with E-state index in [4.69, 9.17) is 0 Å². The van der Waals surface area contributed by atoms with Gasteiger partial charge < -0.3 is 0 Å². The Kier molecular flexibility index (Phi) is 5.51. The van der Waals surface area contributed by atoms with Gasteiger partial charge in [0.05, 0.1) is 6.04 Å². The van der Waals surface area contributed by atoms with Crippen LogP contribution in [0.5, 0.6) is 0 Å². The lowest BCUT2D eigenvalue weighted by Gasteiger charge is -2.37. The van der Waals surface area contributed by atoms with Gasteiger partial charge in [-0.25, -0.2) is 4.39 Å². The molecule has 1 aromatic rings. The van der Waals surface area contributed by atoms with Crippen LogP contribution in [0.2, 0.25) is 0 Å². The number of hydrogen-bond acceptors (Lipinski definition) is 1. The van der Waals surface area contributed by atoms with E-state index in [0.29, 0.717) is 12.0 Å². The number of likely N-dealkylation sites (tertiary alicyclic amines) is 1. The van der Waals surface area contributed by atoms with E-state index in [1.165, 1.54) is 70.5 Å². The number of piperidine rings is 1. The van der Waals surface area contributed by atoms with Gasteiger partial charge in [0.25, 0.3) is 0 Å². The molecule has 118 valence electrons. The van der Waals surface area contributed by atoms with Crippen molar-refractivity contribution in [3.05, 3.63) is 35.6 Å². The van der Waals surface area contributed by atoms with Gasteiger partial charge in [-0.05, 0) is 62.9 Å². The first-order chi connectivity index (χ1) is 10.8. The Labute approximate surface area is 133 Å². The van der Waals surface area contributed by atoms with Crippen LogP contribution in [0.1, 0.15) is 56.9 Å². The van der Waals surface area contributed by atoms with E-state index in [1.807, 2.05) is 6.07 Å². The fraction of sp³-hybridized carbons (Fsp3) is 0.600. The van der Waals surface area contributed by atoms with Gasteiger partial charge in [0.1, 0.15) is 5.82 Å². The molecule has 1 aromatic carbocycles. The minimum absolute atomic E-state index is 0.195. The van der Waals surface area contributed by atoms with Crippen LogP contribution in [0.25, 0.3) is 0 Å². The maximum absolute atomic E-state index is 13.3. The van der Waals surface area contributed by atoms with Gasteiger partial charge in [0.15, 0.2) is 0 Å². The van der Waals surface area contributed by atoms with E-state index in [-0.39, 0.29) is 5.82 Å². The normalized spacial score (nSPS) is 21.9. The predicted octanol–water partition coefficient (Wildman–Crippen LogP) is 4.61. The molecule has 0 aromatic heterocycles. The van der Waals surface area contributed by atoms with E-state index in [2.05, 4.69) is 16.7 Å². The summed E-state index contributed by atoms with van der Waals surface area (Å²) in [4.78, 5) is 2.59. The molecule has 1 aliphatic carbocycles. The largest absolute Gasteiger partial charge is 0.290 e. The lowest BCUT2D eigenvalue weighted by molar-refractivity contribution is 0.133. The Hall–Kier alpha value is -1.33. The highest BCUT2D eigenvalue weighted by Crippen LogP contribution is 2.30. The summed E-state index contributed by atoms with van der Waals surface area (Å²) in [7, 11) is 0. The molecule has 0 radical (unpaired) electrons. The molecule has 0 spiro atoms. The van der Waals surface area contributed by atoms with Crippen LogP contribution in [-0.4, -0.2) is 24.0 Å². The van der Waals surface area contributed by atoms with Crippen molar-refractivity contribution in [2.24, 2.45) is 5.92 Å². The average molecular weight is 299 g/mol. The van der Waals surface area contributed by atoms with E-state index in [1.54, 1.807) is 12.1 Å². The third-order valence-electron chi connectivity index (χ3n) is 5.07. The van der Waals surface area contributed by atoms with Crippen molar-refractivity contribution >= 4 is 0 Å². The quantitative estimate of drug-likeness (QED) is 0.721. The summed E-state index contributed by atoms with van der Waals surface area (Å²) in [6.45, 7) is 2.36. The lowest BCUT2D eigenvalue weighted by Crippen LogP contribution is -2.43. The van der Waals surface area contributed by atoms with Crippen LogP contribution in [0.4, 0.5) is 4.39 Å². The minimum atomic E-state index is -0.195. The Balaban J connectivity index is 1.78. The van der Waals surface area contributed by atoms with Crippen LogP contribution >= 0.6 is 0 Å². The highest BCUT2D eigenvalue weighted by molar-refractivity contribution is 5.35. The standard InChI is InChI=1S/C20H26FN/c21-19-11-7-8-17(16-19)12-13-20(18-9-3-1-4-10-18)22-14-5-2-6-15-22/h7-8,11,16,18,20H,1-6,9-10,14-15H2. The van der Waals surface area contributed by atoms with Crippen LogP contribution < -0.4 is 0 Å². The topological polar surface area (TPSA) is 3.24 Å². The number of nitrogens with zero attached hydrogens (tertiary/aromatic N) is 1. The first kappa shape index (κ1) is 15.6. The Morgan fingerprint density at radius 3 is 2.45 bits per heavy atom. The monoisotopic (exact) mass is 299 g/mol. The molecule has 1 saturated carbocycles. The van der Waals surface area contributed by atoms with Crippen molar-refractivity contribution in [1.82, 2.24) is 4.90 Å². The Morgan fingerprint density at radius 1 is 1.00 bits per heavy atom. The van der Waals surface area contributed by atoms with Crippen LogP contribution in [-0.2, 0) is 0 Å². The highest BCUT2D eigenvalue weighted by atomic mass is 19.1. The summed E-state index contributed by atoms with van der Waals surface area (Å²) in [5.41, 5.74) is 0.804. The van der Waals surface area contributed by atoms with Crippen molar-refractivity contribution in [3.8, 4) is 11.8 Å². The fourth-order valence-electron chi connectivity index (χ4n) is 3.88. The summed E-state index contributed by atoms with van der Waals surface area (Å²) < 4.78 is 13.3. The van der Waals surface area contributed by atoms with E-state index >= 15 is 0 Å². The van der Waals surface area contributed by atoms with Crippen LogP contribution in [0.3, 0.4) is 0 Å². The third-order valence-corrected chi connectivity index (χ3v) is 5.07. The van der Waals surface area contributed by atoms with Crippen molar-refractivity contribution < 1.29 is 4.39 Å². The molecule has 0 amide bonds. The summed E-state index contributed by atoms with van der Waals surface area (Å²) in [6.07, 6.45) is 10.6. The lowest BCUT2D eigenvalue weighted by atomic mass is 9.82.